The Morgan fingerprint density at radius 1 is 1.12 bits per heavy atom. The van der Waals surface area contributed by atoms with E-state index in [0.29, 0.717) is 11.8 Å². The normalized spacial score (nSPS) is 26.4. The minimum absolute atomic E-state index is 0.0206. The van der Waals surface area contributed by atoms with E-state index in [9.17, 15) is 0 Å². The van der Waals surface area contributed by atoms with Crippen molar-refractivity contribution >= 4 is 0 Å². The fraction of sp³-hybridized carbons (Fsp3) is 0.867. The summed E-state index contributed by atoms with van der Waals surface area (Å²) < 4.78 is 11.2. The van der Waals surface area contributed by atoms with E-state index in [1.807, 2.05) is 13.8 Å². The van der Waals surface area contributed by atoms with Crippen LogP contribution in [0.1, 0.15) is 47.0 Å². The molecule has 17 heavy (non-hydrogen) atoms. The van der Waals surface area contributed by atoms with E-state index in [-0.39, 0.29) is 6.29 Å². The highest BCUT2D eigenvalue weighted by atomic mass is 16.7. The van der Waals surface area contributed by atoms with Gasteiger partial charge >= 0.3 is 0 Å². The Morgan fingerprint density at radius 2 is 1.76 bits per heavy atom. The van der Waals surface area contributed by atoms with Crippen LogP contribution in [-0.2, 0) is 9.47 Å². The van der Waals surface area contributed by atoms with Crippen LogP contribution in [0.25, 0.3) is 0 Å². The monoisotopic (exact) mass is 240 g/mol. The third kappa shape index (κ3) is 5.22. The first-order chi connectivity index (χ1) is 8.17. The minimum Gasteiger partial charge on any atom is -0.353 e. The molecule has 0 bridgehead atoms. The molecule has 0 fully saturated rings. The maximum Gasteiger partial charge on any atom is 0.157 e. The average molecular weight is 240 g/mol. The van der Waals surface area contributed by atoms with Crippen LogP contribution in [-0.4, -0.2) is 19.5 Å². The summed E-state index contributed by atoms with van der Waals surface area (Å²) in [5.74, 6) is 2.10. The molecule has 3 atom stereocenters. The molecule has 2 nitrogen and oxygen atoms in total. The Morgan fingerprint density at radius 3 is 2.24 bits per heavy atom. The molecule has 2 heteroatoms. The van der Waals surface area contributed by atoms with Gasteiger partial charge < -0.3 is 9.47 Å². The fourth-order valence-electron chi connectivity index (χ4n) is 2.49. The van der Waals surface area contributed by atoms with E-state index < -0.39 is 0 Å². The highest BCUT2D eigenvalue weighted by Gasteiger charge is 2.22. The van der Waals surface area contributed by atoms with Gasteiger partial charge in [0, 0.05) is 19.6 Å². The summed E-state index contributed by atoms with van der Waals surface area (Å²) in [6.07, 6.45) is 8.37. The molecule has 0 amide bonds. The van der Waals surface area contributed by atoms with Gasteiger partial charge in [-0.15, -0.1) is 0 Å². The summed E-state index contributed by atoms with van der Waals surface area (Å²) in [5, 5.41) is 0. The molecule has 0 aromatic carbocycles. The van der Waals surface area contributed by atoms with Crippen LogP contribution in [0.3, 0.4) is 0 Å². The third-order valence-electron chi connectivity index (χ3n) is 3.64. The quantitative estimate of drug-likeness (QED) is 0.494. The van der Waals surface area contributed by atoms with Gasteiger partial charge in [0.25, 0.3) is 0 Å². The lowest BCUT2D eigenvalue weighted by molar-refractivity contribution is -0.147. The summed E-state index contributed by atoms with van der Waals surface area (Å²) in [6, 6.07) is 0. The highest BCUT2D eigenvalue weighted by Crippen LogP contribution is 2.30. The summed E-state index contributed by atoms with van der Waals surface area (Å²) in [7, 11) is 0. The van der Waals surface area contributed by atoms with Gasteiger partial charge in [0.15, 0.2) is 6.29 Å². The molecular weight excluding hydrogens is 212 g/mol. The predicted octanol–water partition coefficient (Wildman–Crippen LogP) is 4.01. The van der Waals surface area contributed by atoms with E-state index >= 15 is 0 Å². The van der Waals surface area contributed by atoms with E-state index in [4.69, 9.17) is 9.47 Å². The Bertz CT molecular complexity index is 219. The SMILES string of the molecule is CCOC(CC(C)[C@@H]1C=C[C@H](C)CC1)OCC. The number of hydrogen-bond donors (Lipinski definition) is 0. The standard InChI is InChI=1S/C15H28O2/c1-5-16-15(17-6-2)11-13(4)14-9-7-12(3)8-10-14/h7,9,12-15H,5-6,8,10-11H2,1-4H3/t12-,13?,14+/m0/s1. The van der Waals surface area contributed by atoms with Crippen LogP contribution in [0.2, 0.25) is 0 Å². The molecule has 100 valence electrons. The average Bonchev–Trinajstić information content (AvgIpc) is 2.30. The minimum atomic E-state index is -0.0206. The molecule has 0 radical (unpaired) electrons. The van der Waals surface area contributed by atoms with E-state index in [0.717, 1.165) is 25.6 Å². The predicted molar refractivity (Wildman–Crippen MR) is 71.8 cm³/mol. The van der Waals surface area contributed by atoms with Crippen molar-refractivity contribution in [2.45, 2.75) is 53.2 Å². The zero-order chi connectivity index (χ0) is 12.7. The first kappa shape index (κ1) is 14.7. The van der Waals surface area contributed by atoms with Gasteiger partial charge in [0.1, 0.15) is 0 Å². The van der Waals surface area contributed by atoms with Gasteiger partial charge in [0.05, 0.1) is 0 Å². The molecule has 1 rings (SSSR count). The molecule has 0 saturated carbocycles. The van der Waals surface area contributed by atoms with Crippen molar-refractivity contribution in [2.24, 2.45) is 17.8 Å². The first-order valence-electron chi connectivity index (χ1n) is 7.08. The van der Waals surface area contributed by atoms with Crippen LogP contribution in [0, 0.1) is 17.8 Å². The summed E-state index contributed by atoms with van der Waals surface area (Å²) >= 11 is 0. The lowest BCUT2D eigenvalue weighted by Gasteiger charge is -2.28. The molecule has 0 spiro atoms. The third-order valence-corrected chi connectivity index (χ3v) is 3.64. The van der Waals surface area contributed by atoms with Crippen molar-refractivity contribution in [1.29, 1.82) is 0 Å². The molecule has 1 aliphatic rings. The van der Waals surface area contributed by atoms with Crippen molar-refractivity contribution in [1.82, 2.24) is 0 Å². The lowest BCUT2D eigenvalue weighted by Crippen LogP contribution is -2.24. The van der Waals surface area contributed by atoms with Crippen LogP contribution in [0.5, 0.6) is 0 Å². The summed E-state index contributed by atoms with van der Waals surface area (Å²) in [6.45, 7) is 10.1. The van der Waals surface area contributed by atoms with Gasteiger partial charge in [-0.2, -0.15) is 0 Å². The molecule has 0 N–H and O–H groups in total. The van der Waals surface area contributed by atoms with E-state index in [1.165, 1.54) is 12.8 Å². The Kier molecular flexibility index (Phi) is 6.83. The first-order valence-corrected chi connectivity index (χ1v) is 7.08. The van der Waals surface area contributed by atoms with Gasteiger partial charge in [0.2, 0.25) is 0 Å². The maximum atomic E-state index is 5.62. The smallest absolute Gasteiger partial charge is 0.157 e. The van der Waals surface area contributed by atoms with E-state index in [2.05, 4.69) is 26.0 Å². The van der Waals surface area contributed by atoms with Crippen LogP contribution < -0.4 is 0 Å². The largest absolute Gasteiger partial charge is 0.353 e. The Balaban J connectivity index is 2.40. The Hall–Kier alpha value is -0.340. The van der Waals surface area contributed by atoms with Crippen molar-refractivity contribution in [3.63, 3.8) is 0 Å². The number of allylic oxidation sites excluding steroid dienone is 2. The van der Waals surface area contributed by atoms with Gasteiger partial charge in [-0.1, -0.05) is 26.0 Å². The lowest BCUT2D eigenvalue weighted by atomic mass is 9.81. The number of ether oxygens (including phenoxy) is 2. The van der Waals surface area contributed by atoms with Crippen LogP contribution >= 0.6 is 0 Å². The van der Waals surface area contributed by atoms with Crippen molar-refractivity contribution in [3.05, 3.63) is 12.2 Å². The molecule has 0 saturated heterocycles. The van der Waals surface area contributed by atoms with Crippen LogP contribution in [0.4, 0.5) is 0 Å². The maximum absolute atomic E-state index is 5.62. The van der Waals surface area contributed by atoms with Gasteiger partial charge in [-0.05, 0) is 44.4 Å². The second-order valence-electron chi connectivity index (χ2n) is 5.16. The molecule has 1 unspecified atom stereocenters. The zero-order valence-electron chi connectivity index (χ0n) is 11.8. The van der Waals surface area contributed by atoms with Gasteiger partial charge in [-0.25, -0.2) is 0 Å². The van der Waals surface area contributed by atoms with Crippen molar-refractivity contribution < 1.29 is 9.47 Å². The van der Waals surface area contributed by atoms with Crippen molar-refractivity contribution in [3.8, 4) is 0 Å². The molecule has 0 heterocycles. The zero-order valence-corrected chi connectivity index (χ0v) is 11.8. The summed E-state index contributed by atoms with van der Waals surface area (Å²) in [5.41, 5.74) is 0. The molecule has 0 aliphatic heterocycles. The number of rotatable bonds is 7. The second kappa shape index (κ2) is 7.88. The van der Waals surface area contributed by atoms with Crippen molar-refractivity contribution in [2.75, 3.05) is 13.2 Å². The highest BCUT2D eigenvalue weighted by molar-refractivity contribution is 4.98. The molecular formula is C15H28O2. The molecule has 1 aliphatic carbocycles. The Labute approximate surface area is 106 Å². The summed E-state index contributed by atoms with van der Waals surface area (Å²) in [4.78, 5) is 0. The van der Waals surface area contributed by atoms with E-state index in [1.54, 1.807) is 0 Å². The topological polar surface area (TPSA) is 18.5 Å². The van der Waals surface area contributed by atoms with Gasteiger partial charge in [-0.3, -0.25) is 0 Å². The second-order valence-corrected chi connectivity index (χ2v) is 5.16. The molecule has 0 aromatic rings. The molecule has 0 aromatic heterocycles. The number of hydrogen-bond acceptors (Lipinski definition) is 2. The fourth-order valence-corrected chi connectivity index (χ4v) is 2.49. The van der Waals surface area contributed by atoms with Crippen LogP contribution in [0.15, 0.2) is 12.2 Å².